The molecule has 1 atom stereocenters. The van der Waals surface area contributed by atoms with Gasteiger partial charge in [0.2, 0.25) is 0 Å². The van der Waals surface area contributed by atoms with E-state index in [1.165, 1.54) is 0 Å². The van der Waals surface area contributed by atoms with Crippen molar-refractivity contribution >= 4 is 0 Å². The van der Waals surface area contributed by atoms with E-state index in [2.05, 4.69) is 5.32 Å². The highest BCUT2D eigenvalue weighted by molar-refractivity contribution is 5.46. The molecule has 0 aliphatic carbocycles. The van der Waals surface area contributed by atoms with E-state index in [1.54, 1.807) is 13.2 Å². The van der Waals surface area contributed by atoms with Crippen LogP contribution in [0.3, 0.4) is 0 Å². The van der Waals surface area contributed by atoms with E-state index in [0.29, 0.717) is 11.7 Å². The number of piperidine rings is 1. The molecule has 1 heterocycles. The Kier molecular flexibility index (Phi) is 3.86. The predicted octanol–water partition coefficient (Wildman–Crippen LogP) is 1.40. The maximum atomic E-state index is 10.1. The van der Waals surface area contributed by atoms with Gasteiger partial charge in [-0.25, -0.2) is 0 Å². The Morgan fingerprint density at radius 3 is 2.76 bits per heavy atom. The molecule has 4 nitrogen and oxygen atoms in total. The molecule has 1 aliphatic rings. The summed E-state index contributed by atoms with van der Waals surface area (Å²) < 4.78 is 5.11. The van der Waals surface area contributed by atoms with Gasteiger partial charge in [0.15, 0.2) is 11.5 Å². The smallest absolute Gasteiger partial charge is 0.162 e. The topological polar surface area (TPSA) is 67.5 Å². The number of phenolic OH excluding ortho intramolecular Hbond substituents is 1. The fraction of sp³-hybridized carbons (Fsp3) is 0.538. The first kappa shape index (κ1) is 12.2. The molecule has 0 spiro atoms. The molecule has 0 unspecified atom stereocenters. The van der Waals surface area contributed by atoms with E-state index < -0.39 is 0 Å². The van der Waals surface area contributed by atoms with Gasteiger partial charge >= 0.3 is 0 Å². The third-order valence-electron chi connectivity index (χ3n) is 3.50. The van der Waals surface area contributed by atoms with Crippen molar-refractivity contribution in [2.75, 3.05) is 20.2 Å². The number of para-hydroxylation sites is 1. The van der Waals surface area contributed by atoms with E-state index in [-0.39, 0.29) is 11.8 Å². The van der Waals surface area contributed by atoms with Crippen molar-refractivity contribution in [2.24, 2.45) is 11.7 Å². The van der Waals surface area contributed by atoms with Crippen molar-refractivity contribution in [3.8, 4) is 11.5 Å². The molecule has 94 valence electrons. The molecule has 1 aromatic carbocycles. The SMILES string of the molecule is COc1cccc([C@H](N)C2CCNCC2)c1O. The number of methoxy groups -OCH3 is 1. The molecule has 0 saturated carbocycles. The van der Waals surface area contributed by atoms with Crippen LogP contribution < -0.4 is 15.8 Å². The van der Waals surface area contributed by atoms with E-state index in [0.717, 1.165) is 31.5 Å². The van der Waals surface area contributed by atoms with Crippen LogP contribution in [0, 0.1) is 5.92 Å². The number of hydrogen-bond acceptors (Lipinski definition) is 4. The lowest BCUT2D eigenvalue weighted by atomic mass is 9.86. The minimum Gasteiger partial charge on any atom is -0.504 e. The van der Waals surface area contributed by atoms with Crippen LogP contribution in [0.15, 0.2) is 18.2 Å². The van der Waals surface area contributed by atoms with E-state index >= 15 is 0 Å². The second-order valence-electron chi connectivity index (χ2n) is 4.51. The number of nitrogens with one attached hydrogen (secondary N) is 1. The van der Waals surface area contributed by atoms with E-state index in [1.807, 2.05) is 12.1 Å². The highest BCUT2D eigenvalue weighted by Crippen LogP contribution is 2.37. The molecule has 4 N–H and O–H groups in total. The van der Waals surface area contributed by atoms with Crippen molar-refractivity contribution in [2.45, 2.75) is 18.9 Å². The monoisotopic (exact) mass is 236 g/mol. The number of aromatic hydroxyl groups is 1. The van der Waals surface area contributed by atoms with Gasteiger partial charge in [0.05, 0.1) is 7.11 Å². The maximum Gasteiger partial charge on any atom is 0.162 e. The summed E-state index contributed by atoms with van der Waals surface area (Å²) in [5, 5.41) is 13.4. The largest absolute Gasteiger partial charge is 0.504 e. The summed E-state index contributed by atoms with van der Waals surface area (Å²) in [5.41, 5.74) is 7.04. The highest BCUT2D eigenvalue weighted by Gasteiger charge is 2.24. The highest BCUT2D eigenvalue weighted by atomic mass is 16.5. The van der Waals surface area contributed by atoms with Crippen LogP contribution in [-0.4, -0.2) is 25.3 Å². The molecule has 0 radical (unpaired) electrons. The molecule has 17 heavy (non-hydrogen) atoms. The normalized spacial score (nSPS) is 18.9. The molecule has 2 rings (SSSR count). The van der Waals surface area contributed by atoms with Crippen LogP contribution in [-0.2, 0) is 0 Å². The van der Waals surface area contributed by atoms with Crippen molar-refractivity contribution in [3.05, 3.63) is 23.8 Å². The van der Waals surface area contributed by atoms with E-state index in [4.69, 9.17) is 10.5 Å². The number of nitrogens with two attached hydrogens (primary N) is 1. The van der Waals surface area contributed by atoms with Gasteiger partial charge in [-0.2, -0.15) is 0 Å². The summed E-state index contributed by atoms with van der Waals surface area (Å²) in [4.78, 5) is 0. The van der Waals surface area contributed by atoms with Crippen molar-refractivity contribution < 1.29 is 9.84 Å². The van der Waals surface area contributed by atoms with Gasteiger partial charge in [-0.15, -0.1) is 0 Å². The summed E-state index contributed by atoms with van der Waals surface area (Å²) in [7, 11) is 1.55. The van der Waals surface area contributed by atoms with Gasteiger partial charge in [-0.05, 0) is 37.9 Å². The standard InChI is InChI=1S/C13H20N2O2/c1-17-11-4-2-3-10(13(11)16)12(14)9-5-7-15-8-6-9/h2-4,9,12,15-16H,5-8,14H2,1H3/t12-/m1/s1. The first-order valence-corrected chi connectivity index (χ1v) is 6.06. The van der Waals surface area contributed by atoms with Crippen LogP contribution >= 0.6 is 0 Å². The molecule has 0 bridgehead atoms. The lowest BCUT2D eigenvalue weighted by molar-refractivity contribution is 0.311. The molecule has 1 aromatic rings. The molecule has 1 saturated heterocycles. The Bertz CT molecular complexity index is 376. The summed E-state index contributed by atoms with van der Waals surface area (Å²) >= 11 is 0. The lowest BCUT2D eigenvalue weighted by Crippen LogP contribution is -2.33. The second-order valence-corrected chi connectivity index (χ2v) is 4.51. The fourth-order valence-electron chi connectivity index (χ4n) is 2.43. The van der Waals surface area contributed by atoms with Crippen LogP contribution in [0.2, 0.25) is 0 Å². The summed E-state index contributed by atoms with van der Waals surface area (Å²) in [6.07, 6.45) is 2.11. The lowest BCUT2D eigenvalue weighted by Gasteiger charge is -2.28. The zero-order chi connectivity index (χ0) is 12.3. The average Bonchev–Trinajstić information content (AvgIpc) is 2.39. The fourth-order valence-corrected chi connectivity index (χ4v) is 2.43. The first-order chi connectivity index (χ1) is 8.24. The molecule has 4 heteroatoms. The molecular formula is C13H20N2O2. The third-order valence-corrected chi connectivity index (χ3v) is 3.50. The van der Waals surface area contributed by atoms with Crippen molar-refractivity contribution in [3.63, 3.8) is 0 Å². The van der Waals surface area contributed by atoms with E-state index in [9.17, 15) is 5.11 Å². The summed E-state index contributed by atoms with van der Waals surface area (Å²) in [6.45, 7) is 2.01. The Labute approximate surface area is 102 Å². The number of rotatable bonds is 3. The van der Waals surface area contributed by atoms with Gasteiger partial charge in [0, 0.05) is 11.6 Å². The number of benzene rings is 1. The second kappa shape index (κ2) is 5.38. The molecule has 1 aliphatic heterocycles. The predicted molar refractivity (Wildman–Crippen MR) is 67.2 cm³/mol. The third kappa shape index (κ3) is 2.53. The quantitative estimate of drug-likeness (QED) is 0.742. The van der Waals surface area contributed by atoms with Gasteiger partial charge in [-0.3, -0.25) is 0 Å². The zero-order valence-corrected chi connectivity index (χ0v) is 10.1. The number of hydrogen-bond donors (Lipinski definition) is 3. The van der Waals surface area contributed by atoms with Gasteiger partial charge < -0.3 is 20.9 Å². The number of ether oxygens (including phenoxy) is 1. The molecule has 0 amide bonds. The van der Waals surface area contributed by atoms with Crippen LogP contribution in [0.1, 0.15) is 24.4 Å². The maximum absolute atomic E-state index is 10.1. The molecular weight excluding hydrogens is 216 g/mol. The molecule has 0 aromatic heterocycles. The van der Waals surface area contributed by atoms with Gasteiger partial charge in [-0.1, -0.05) is 12.1 Å². The minimum atomic E-state index is -0.118. The Morgan fingerprint density at radius 1 is 1.41 bits per heavy atom. The Morgan fingerprint density at radius 2 is 2.12 bits per heavy atom. The minimum absolute atomic E-state index is 0.118. The van der Waals surface area contributed by atoms with Crippen LogP contribution in [0.5, 0.6) is 11.5 Å². The average molecular weight is 236 g/mol. The van der Waals surface area contributed by atoms with Crippen LogP contribution in [0.4, 0.5) is 0 Å². The van der Waals surface area contributed by atoms with Crippen molar-refractivity contribution in [1.82, 2.24) is 5.32 Å². The van der Waals surface area contributed by atoms with Crippen molar-refractivity contribution in [1.29, 1.82) is 0 Å². The Hall–Kier alpha value is -1.26. The summed E-state index contributed by atoms with van der Waals surface area (Å²) in [5.74, 6) is 1.10. The zero-order valence-electron chi connectivity index (χ0n) is 10.1. The van der Waals surface area contributed by atoms with Crippen LogP contribution in [0.25, 0.3) is 0 Å². The molecule has 1 fully saturated rings. The Balaban J connectivity index is 2.20. The van der Waals surface area contributed by atoms with Gasteiger partial charge in [0.25, 0.3) is 0 Å². The number of phenols is 1. The van der Waals surface area contributed by atoms with Gasteiger partial charge in [0.1, 0.15) is 0 Å². The first-order valence-electron chi connectivity index (χ1n) is 6.06. The summed E-state index contributed by atoms with van der Waals surface area (Å²) in [6, 6.07) is 5.38.